The third-order valence-corrected chi connectivity index (χ3v) is 3.22. The molecule has 19 heavy (non-hydrogen) atoms. The summed E-state index contributed by atoms with van der Waals surface area (Å²) in [4.78, 5) is 16.3. The molecule has 0 radical (unpaired) electrons. The van der Waals surface area contributed by atoms with Crippen molar-refractivity contribution in [1.29, 1.82) is 0 Å². The van der Waals surface area contributed by atoms with Crippen LogP contribution in [0.4, 0.5) is 5.82 Å². The van der Waals surface area contributed by atoms with Crippen molar-refractivity contribution >= 4 is 23.3 Å². The lowest BCUT2D eigenvalue weighted by Crippen LogP contribution is -2.34. The molecule has 1 unspecified atom stereocenters. The maximum Gasteiger partial charge on any atom is 0.253 e. The SMILES string of the molecule is CCCC(CC)NC(=O)c1cc(NCC)ncc1Cl. The van der Waals surface area contributed by atoms with E-state index in [-0.39, 0.29) is 11.9 Å². The largest absolute Gasteiger partial charge is 0.370 e. The Bertz CT molecular complexity index is 423. The quantitative estimate of drug-likeness (QED) is 0.805. The molecule has 2 N–H and O–H groups in total. The van der Waals surface area contributed by atoms with Crippen LogP contribution in [0.5, 0.6) is 0 Å². The van der Waals surface area contributed by atoms with Gasteiger partial charge in [0, 0.05) is 18.8 Å². The fourth-order valence-corrected chi connectivity index (χ4v) is 2.07. The molecule has 1 rings (SSSR count). The first kappa shape index (κ1) is 15.8. The predicted octanol–water partition coefficient (Wildman–Crippen LogP) is 3.48. The molecule has 0 spiro atoms. The summed E-state index contributed by atoms with van der Waals surface area (Å²) >= 11 is 6.04. The number of rotatable bonds is 7. The molecule has 1 aromatic rings. The molecular weight excluding hydrogens is 262 g/mol. The summed E-state index contributed by atoms with van der Waals surface area (Å²) in [5, 5.41) is 6.47. The second-order valence-electron chi connectivity index (χ2n) is 4.45. The lowest BCUT2D eigenvalue weighted by Gasteiger charge is -2.16. The molecule has 0 aliphatic carbocycles. The lowest BCUT2D eigenvalue weighted by atomic mass is 10.1. The highest BCUT2D eigenvalue weighted by atomic mass is 35.5. The Morgan fingerprint density at radius 3 is 2.74 bits per heavy atom. The normalized spacial score (nSPS) is 12.0. The van der Waals surface area contributed by atoms with Crippen molar-refractivity contribution in [3.8, 4) is 0 Å². The first-order chi connectivity index (χ1) is 9.12. The van der Waals surface area contributed by atoms with Crippen LogP contribution in [0.15, 0.2) is 12.3 Å². The van der Waals surface area contributed by atoms with Gasteiger partial charge in [-0.3, -0.25) is 4.79 Å². The van der Waals surface area contributed by atoms with Gasteiger partial charge in [0.15, 0.2) is 0 Å². The standard InChI is InChI=1S/C14H22ClN3O/c1-4-7-10(5-2)18-14(19)11-8-13(16-6-3)17-9-12(11)15/h8-10H,4-7H2,1-3H3,(H,16,17)(H,18,19). The van der Waals surface area contributed by atoms with Crippen molar-refractivity contribution in [2.75, 3.05) is 11.9 Å². The number of nitrogens with zero attached hydrogens (tertiary/aromatic N) is 1. The molecule has 0 bridgehead atoms. The molecule has 1 atom stereocenters. The minimum absolute atomic E-state index is 0.133. The summed E-state index contributed by atoms with van der Waals surface area (Å²) in [7, 11) is 0. The Morgan fingerprint density at radius 1 is 1.42 bits per heavy atom. The summed E-state index contributed by atoms with van der Waals surface area (Å²) in [6.45, 7) is 6.91. The zero-order valence-electron chi connectivity index (χ0n) is 11.8. The Labute approximate surface area is 120 Å². The van der Waals surface area contributed by atoms with Crippen molar-refractivity contribution in [3.63, 3.8) is 0 Å². The summed E-state index contributed by atoms with van der Waals surface area (Å²) < 4.78 is 0. The molecule has 5 heteroatoms. The van der Waals surface area contributed by atoms with Crippen LogP contribution in [-0.4, -0.2) is 23.5 Å². The minimum Gasteiger partial charge on any atom is -0.370 e. The van der Waals surface area contributed by atoms with Crippen molar-refractivity contribution in [1.82, 2.24) is 10.3 Å². The van der Waals surface area contributed by atoms with Gasteiger partial charge < -0.3 is 10.6 Å². The third-order valence-electron chi connectivity index (χ3n) is 2.92. The molecule has 4 nitrogen and oxygen atoms in total. The number of carbonyl (C=O) groups is 1. The van der Waals surface area contributed by atoms with E-state index >= 15 is 0 Å². The Balaban J connectivity index is 2.82. The van der Waals surface area contributed by atoms with Crippen LogP contribution in [0.25, 0.3) is 0 Å². The van der Waals surface area contributed by atoms with Gasteiger partial charge in [-0.1, -0.05) is 31.9 Å². The van der Waals surface area contributed by atoms with E-state index in [4.69, 9.17) is 11.6 Å². The maximum atomic E-state index is 12.2. The van der Waals surface area contributed by atoms with Gasteiger partial charge in [0.2, 0.25) is 0 Å². The first-order valence-corrected chi connectivity index (χ1v) is 7.20. The number of aromatic nitrogens is 1. The molecule has 0 saturated carbocycles. The molecule has 1 amide bonds. The number of hydrogen-bond acceptors (Lipinski definition) is 3. The first-order valence-electron chi connectivity index (χ1n) is 6.82. The van der Waals surface area contributed by atoms with Crippen LogP contribution in [0, 0.1) is 0 Å². The van der Waals surface area contributed by atoms with Gasteiger partial charge in [0.05, 0.1) is 10.6 Å². The summed E-state index contributed by atoms with van der Waals surface area (Å²) in [6.07, 6.45) is 4.45. The Hall–Kier alpha value is -1.29. The van der Waals surface area contributed by atoms with Gasteiger partial charge in [-0.25, -0.2) is 4.98 Å². The molecule has 0 aliphatic rings. The van der Waals surface area contributed by atoms with E-state index in [9.17, 15) is 4.79 Å². The number of pyridine rings is 1. The average Bonchev–Trinajstić information content (AvgIpc) is 2.40. The van der Waals surface area contributed by atoms with Gasteiger partial charge in [0.1, 0.15) is 5.82 Å². The number of carbonyl (C=O) groups excluding carboxylic acids is 1. The molecular formula is C14H22ClN3O. The van der Waals surface area contributed by atoms with E-state index in [1.807, 2.05) is 6.92 Å². The monoisotopic (exact) mass is 283 g/mol. The van der Waals surface area contributed by atoms with E-state index in [1.165, 1.54) is 6.20 Å². The number of hydrogen-bond donors (Lipinski definition) is 2. The van der Waals surface area contributed by atoms with Crippen molar-refractivity contribution < 1.29 is 4.79 Å². The van der Waals surface area contributed by atoms with Crippen molar-refractivity contribution in [3.05, 3.63) is 22.8 Å². The highest BCUT2D eigenvalue weighted by Gasteiger charge is 2.15. The molecule has 106 valence electrons. The number of amides is 1. The number of anilines is 1. The number of halogens is 1. The molecule has 0 aromatic carbocycles. The molecule has 1 heterocycles. The molecule has 0 saturated heterocycles. The van der Waals surface area contributed by atoms with Gasteiger partial charge in [0.25, 0.3) is 5.91 Å². The molecule has 0 fully saturated rings. The highest BCUT2D eigenvalue weighted by Crippen LogP contribution is 2.18. The fourth-order valence-electron chi connectivity index (χ4n) is 1.88. The van der Waals surface area contributed by atoms with Crippen molar-refractivity contribution in [2.45, 2.75) is 46.1 Å². The van der Waals surface area contributed by atoms with Crippen LogP contribution >= 0.6 is 11.6 Å². The second kappa shape index (κ2) is 8.00. The maximum absolute atomic E-state index is 12.2. The zero-order valence-corrected chi connectivity index (χ0v) is 12.5. The summed E-state index contributed by atoms with van der Waals surface area (Å²) in [6, 6.07) is 1.89. The van der Waals surface area contributed by atoms with E-state index < -0.39 is 0 Å². The van der Waals surface area contributed by atoms with Gasteiger partial charge in [-0.2, -0.15) is 0 Å². The van der Waals surface area contributed by atoms with E-state index in [2.05, 4.69) is 29.5 Å². The molecule has 1 aromatic heterocycles. The predicted molar refractivity (Wildman–Crippen MR) is 79.9 cm³/mol. The molecule has 0 aliphatic heterocycles. The average molecular weight is 284 g/mol. The van der Waals surface area contributed by atoms with Crippen LogP contribution in [-0.2, 0) is 0 Å². The lowest BCUT2D eigenvalue weighted by molar-refractivity contribution is 0.0934. The van der Waals surface area contributed by atoms with Gasteiger partial charge >= 0.3 is 0 Å². The van der Waals surface area contributed by atoms with Gasteiger partial charge in [-0.05, 0) is 25.8 Å². The van der Waals surface area contributed by atoms with Crippen LogP contribution in [0.3, 0.4) is 0 Å². The third kappa shape index (κ3) is 4.71. The fraction of sp³-hybridized carbons (Fsp3) is 0.571. The van der Waals surface area contributed by atoms with E-state index in [1.54, 1.807) is 6.07 Å². The van der Waals surface area contributed by atoms with E-state index in [0.29, 0.717) is 16.4 Å². The van der Waals surface area contributed by atoms with Crippen LogP contribution < -0.4 is 10.6 Å². The zero-order chi connectivity index (χ0) is 14.3. The highest BCUT2D eigenvalue weighted by molar-refractivity contribution is 6.33. The van der Waals surface area contributed by atoms with Crippen LogP contribution in [0.1, 0.15) is 50.4 Å². The van der Waals surface area contributed by atoms with Crippen LogP contribution in [0.2, 0.25) is 5.02 Å². The summed E-state index contributed by atoms with van der Waals surface area (Å²) in [5.41, 5.74) is 0.474. The van der Waals surface area contributed by atoms with Gasteiger partial charge in [-0.15, -0.1) is 0 Å². The topological polar surface area (TPSA) is 54.0 Å². The van der Waals surface area contributed by atoms with E-state index in [0.717, 1.165) is 25.8 Å². The minimum atomic E-state index is -0.133. The smallest absolute Gasteiger partial charge is 0.253 e. The second-order valence-corrected chi connectivity index (χ2v) is 4.85. The Morgan fingerprint density at radius 2 is 2.16 bits per heavy atom. The number of nitrogens with one attached hydrogen (secondary N) is 2. The summed E-state index contributed by atoms with van der Waals surface area (Å²) in [5.74, 6) is 0.535. The Kier molecular flexibility index (Phi) is 6.64. The van der Waals surface area contributed by atoms with Crippen molar-refractivity contribution in [2.24, 2.45) is 0 Å².